The van der Waals surface area contributed by atoms with Crippen LogP contribution in [0.4, 0.5) is 0 Å². The molecule has 0 saturated heterocycles. The van der Waals surface area contributed by atoms with Crippen molar-refractivity contribution in [2.45, 2.75) is 52.2 Å². The molecule has 12 heavy (non-hydrogen) atoms. The van der Waals surface area contributed by atoms with Gasteiger partial charge in [-0.1, -0.05) is 13.3 Å². The van der Waals surface area contributed by atoms with E-state index in [1.54, 1.807) is 7.11 Å². The maximum absolute atomic E-state index is 5.16. The first-order valence-corrected chi connectivity index (χ1v) is 4.79. The van der Waals surface area contributed by atoms with Crippen molar-refractivity contribution in [3.8, 4) is 0 Å². The van der Waals surface area contributed by atoms with Crippen molar-refractivity contribution in [3.63, 3.8) is 0 Å². The number of methoxy groups -OCH3 is 1. The monoisotopic (exact) mass is 173 g/mol. The highest BCUT2D eigenvalue weighted by atomic mass is 16.5. The van der Waals surface area contributed by atoms with Gasteiger partial charge in [0.05, 0.1) is 6.10 Å². The van der Waals surface area contributed by atoms with Crippen LogP contribution in [0.25, 0.3) is 0 Å². The molecule has 2 nitrogen and oxygen atoms in total. The summed E-state index contributed by atoms with van der Waals surface area (Å²) in [6.07, 6.45) is 2.74. The van der Waals surface area contributed by atoms with Crippen LogP contribution in [0.1, 0.15) is 40.5 Å². The van der Waals surface area contributed by atoms with Crippen LogP contribution in [0.15, 0.2) is 0 Å². The first kappa shape index (κ1) is 11.9. The van der Waals surface area contributed by atoms with Gasteiger partial charge in [-0.25, -0.2) is 0 Å². The Labute approximate surface area is 76.7 Å². The normalized spacial score (nSPS) is 14.8. The van der Waals surface area contributed by atoms with Crippen LogP contribution < -0.4 is 5.32 Å². The van der Waals surface area contributed by atoms with E-state index in [4.69, 9.17) is 4.74 Å². The zero-order chi connectivity index (χ0) is 9.61. The Balaban J connectivity index is 3.59. The molecule has 2 heteroatoms. The molecule has 0 rings (SSSR count). The summed E-state index contributed by atoms with van der Waals surface area (Å²) in [6, 6.07) is 0. The molecule has 0 heterocycles. The van der Waals surface area contributed by atoms with Crippen molar-refractivity contribution in [2.24, 2.45) is 0 Å². The third-order valence-electron chi connectivity index (χ3n) is 2.15. The SMILES string of the molecule is CCCC(C)(C)NCC(C)OC. The van der Waals surface area contributed by atoms with Crippen LogP contribution in [0.2, 0.25) is 0 Å². The second-order valence-electron chi connectivity index (χ2n) is 4.06. The third kappa shape index (κ3) is 5.56. The van der Waals surface area contributed by atoms with Gasteiger partial charge in [-0.3, -0.25) is 0 Å². The molecule has 0 saturated carbocycles. The first-order chi connectivity index (χ1) is 5.52. The molecule has 1 N–H and O–H groups in total. The Morgan fingerprint density at radius 3 is 2.42 bits per heavy atom. The Bertz CT molecular complexity index is 112. The van der Waals surface area contributed by atoms with Gasteiger partial charge in [-0.2, -0.15) is 0 Å². The fraction of sp³-hybridized carbons (Fsp3) is 1.00. The number of rotatable bonds is 6. The predicted octanol–water partition coefficient (Wildman–Crippen LogP) is 2.19. The maximum atomic E-state index is 5.16. The lowest BCUT2D eigenvalue weighted by Gasteiger charge is -2.27. The summed E-state index contributed by atoms with van der Waals surface area (Å²) < 4.78 is 5.16. The molecule has 0 aromatic heterocycles. The van der Waals surface area contributed by atoms with Gasteiger partial charge in [0.15, 0.2) is 0 Å². The van der Waals surface area contributed by atoms with Gasteiger partial charge in [0, 0.05) is 19.2 Å². The van der Waals surface area contributed by atoms with Crippen molar-refractivity contribution in [1.29, 1.82) is 0 Å². The molecule has 74 valence electrons. The summed E-state index contributed by atoms with van der Waals surface area (Å²) in [5, 5.41) is 3.49. The highest BCUT2D eigenvalue weighted by Crippen LogP contribution is 2.10. The van der Waals surface area contributed by atoms with E-state index < -0.39 is 0 Å². The van der Waals surface area contributed by atoms with Crippen LogP contribution in [0.3, 0.4) is 0 Å². The smallest absolute Gasteiger partial charge is 0.0667 e. The van der Waals surface area contributed by atoms with Gasteiger partial charge in [0.25, 0.3) is 0 Å². The lowest BCUT2D eigenvalue weighted by atomic mass is 9.99. The van der Waals surface area contributed by atoms with Gasteiger partial charge in [0.2, 0.25) is 0 Å². The van der Waals surface area contributed by atoms with E-state index in [0.29, 0.717) is 6.10 Å². The maximum Gasteiger partial charge on any atom is 0.0667 e. The lowest BCUT2D eigenvalue weighted by molar-refractivity contribution is 0.108. The van der Waals surface area contributed by atoms with Crippen LogP contribution in [-0.4, -0.2) is 25.3 Å². The Morgan fingerprint density at radius 2 is 2.00 bits per heavy atom. The average molecular weight is 173 g/mol. The third-order valence-corrected chi connectivity index (χ3v) is 2.15. The standard InChI is InChI=1S/C10H23NO/c1-6-7-10(3,4)11-8-9(2)12-5/h9,11H,6-8H2,1-5H3. The second kappa shape index (κ2) is 5.55. The summed E-state index contributed by atoms with van der Waals surface area (Å²) in [5.41, 5.74) is 0.252. The summed E-state index contributed by atoms with van der Waals surface area (Å²) in [4.78, 5) is 0. The predicted molar refractivity (Wildman–Crippen MR) is 53.5 cm³/mol. The molecule has 1 unspecified atom stereocenters. The van der Waals surface area contributed by atoms with Gasteiger partial charge < -0.3 is 10.1 Å². The number of nitrogens with one attached hydrogen (secondary N) is 1. The minimum Gasteiger partial charge on any atom is -0.380 e. The lowest BCUT2D eigenvalue weighted by Crippen LogP contribution is -2.43. The molecular weight excluding hydrogens is 150 g/mol. The van der Waals surface area contributed by atoms with Crippen molar-refractivity contribution in [3.05, 3.63) is 0 Å². The minimum absolute atomic E-state index is 0.252. The van der Waals surface area contributed by atoms with E-state index in [1.807, 2.05) is 0 Å². The molecule has 0 amide bonds. The van der Waals surface area contributed by atoms with Crippen molar-refractivity contribution < 1.29 is 4.74 Å². The van der Waals surface area contributed by atoms with E-state index in [0.717, 1.165) is 6.54 Å². The van der Waals surface area contributed by atoms with Gasteiger partial charge in [-0.05, 0) is 27.2 Å². The molecule has 0 spiro atoms. The van der Waals surface area contributed by atoms with Crippen LogP contribution in [-0.2, 0) is 4.74 Å². The fourth-order valence-electron chi connectivity index (χ4n) is 1.22. The van der Waals surface area contributed by atoms with E-state index in [9.17, 15) is 0 Å². The molecule has 0 aromatic carbocycles. The quantitative estimate of drug-likeness (QED) is 0.665. The van der Waals surface area contributed by atoms with Gasteiger partial charge in [-0.15, -0.1) is 0 Å². The molecule has 1 atom stereocenters. The van der Waals surface area contributed by atoms with Crippen LogP contribution in [0, 0.1) is 0 Å². The number of ether oxygens (including phenoxy) is 1. The number of hydrogen-bond donors (Lipinski definition) is 1. The summed E-state index contributed by atoms with van der Waals surface area (Å²) in [7, 11) is 1.75. The molecule has 0 aromatic rings. The molecule has 0 aliphatic carbocycles. The van der Waals surface area contributed by atoms with Crippen molar-refractivity contribution >= 4 is 0 Å². The largest absolute Gasteiger partial charge is 0.380 e. The van der Waals surface area contributed by atoms with Crippen molar-refractivity contribution in [2.75, 3.05) is 13.7 Å². The highest BCUT2D eigenvalue weighted by Gasteiger charge is 2.15. The van der Waals surface area contributed by atoms with Crippen LogP contribution >= 0.6 is 0 Å². The molecule has 0 fully saturated rings. The Hall–Kier alpha value is -0.0800. The fourth-order valence-corrected chi connectivity index (χ4v) is 1.22. The minimum atomic E-state index is 0.252. The molecule has 0 bridgehead atoms. The highest BCUT2D eigenvalue weighted by molar-refractivity contribution is 4.77. The number of hydrogen-bond acceptors (Lipinski definition) is 2. The second-order valence-corrected chi connectivity index (χ2v) is 4.06. The van der Waals surface area contributed by atoms with Crippen LogP contribution in [0.5, 0.6) is 0 Å². The average Bonchev–Trinajstić information content (AvgIpc) is 2.00. The van der Waals surface area contributed by atoms with E-state index in [-0.39, 0.29) is 5.54 Å². The summed E-state index contributed by atoms with van der Waals surface area (Å²) >= 11 is 0. The zero-order valence-electron chi connectivity index (χ0n) is 9.11. The van der Waals surface area contributed by atoms with E-state index >= 15 is 0 Å². The Morgan fingerprint density at radius 1 is 1.42 bits per heavy atom. The first-order valence-electron chi connectivity index (χ1n) is 4.79. The van der Waals surface area contributed by atoms with Gasteiger partial charge in [0.1, 0.15) is 0 Å². The Kier molecular flexibility index (Phi) is 5.51. The van der Waals surface area contributed by atoms with E-state index in [2.05, 4.69) is 33.0 Å². The molecular formula is C10H23NO. The summed E-state index contributed by atoms with van der Waals surface area (Å²) in [6.45, 7) is 9.69. The van der Waals surface area contributed by atoms with Crippen molar-refractivity contribution in [1.82, 2.24) is 5.32 Å². The molecule has 0 aliphatic heterocycles. The zero-order valence-corrected chi connectivity index (χ0v) is 9.11. The van der Waals surface area contributed by atoms with E-state index in [1.165, 1.54) is 12.8 Å². The molecule has 0 radical (unpaired) electrons. The summed E-state index contributed by atoms with van der Waals surface area (Å²) in [5.74, 6) is 0. The van der Waals surface area contributed by atoms with Gasteiger partial charge >= 0.3 is 0 Å². The molecule has 0 aliphatic rings. The topological polar surface area (TPSA) is 21.3 Å².